The van der Waals surface area contributed by atoms with Gasteiger partial charge in [0.25, 0.3) is 0 Å². The zero-order valence-corrected chi connectivity index (χ0v) is 49.5. The van der Waals surface area contributed by atoms with Gasteiger partial charge in [0, 0.05) is 42.8 Å². The van der Waals surface area contributed by atoms with E-state index < -0.39 is 32.5 Å². The lowest BCUT2D eigenvalue weighted by Gasteiger charge is -2.21. The number of rotatable bonds is 10. The van der Waals surface area contributed by atoms with Gasteiger partial charge in [-0.3, -0.25) is 0 Å². The number of fused-ring (bicyclic) bond motifs is 2. The van der Waals surface area contributed by atoms with Crippen LogP contribution in [0, 0.1) is 31.5 Å². The van der Waals surface area contributed by atoms with Crippen molar-refractivity contribution in [3.63, 3.8) is 0 Å². The van der Waals surface area contributed by atoms with Crippen LogP contribution in [0.2, 0.25) is 15.1 Å². The van der Waals surface area contributed by atoms with Crippen LogP contribution < -0.4 is 40.3 Å². The Bertz CT molecular complexity index is 3470. The first-order valence-corrected chi connectivity index (χ1v) is 28.1. The average molecular weight is 1340 g/mol. The molecule has 10 aromatic carbocycles. The third-order valence-corrected chi connectivity index (χ3v) is 16.9. The van der Waals surface area contributed by atoms with Crippen LogP contribution in [0.25, 0.3) is 43.8 Å². The first-order valence-electron chi connectivity index (χ1n) is 23.4. The number of halogens is 8. The molecule has 2 N–H and O–H groups in total. The molecule has 392 valence electrons. The second-order valence-corrected chi connectivity index (χ2v) is 22.7. The number of aryl methyl sites for hydroxylation is 1. The van der Waals surface area contributed by atoms with Crippen LogP contribution in [-0.2, 0) is 0 Å². The number of benzene rings is 10. The molecule has 10 rings (SSSR count). The Balaban J connectivity index is 0.000000159. The van der Waals surface area contributed by atoms with Gasteiger partial charge in [-0.15, -0.1) is 0 Å². The fourth-order valence-electron chi connectivity index (χ4n) is 8.15. The fraction of sp³-hybridized carbons (Fsp3) is 0.0820. The van der Waals surface area contributed by atoms with Crippen LogP contribution in [0.1, 0.15) is 5.56 Å². The summed E-state index contributed by atoms with van der Waals surface area (Å²) in [7, 11) is 4.16. The van der Waals surface area contributed by atoms with E-state index in [1.165, 1.54) is 70.7 Å². The van der Waals surface area contributed by atoms with Gasteiger partial charge in [0.2, 0.25) is 0 Å². The van der Waals surface area contributed by atoms with Gasteiger partial charge in [0.15, 0.2) is 0 Å². The third-order valence-electron chi connectivity index (χ3n) is 11.9. The molecule has 0 aromatic heterocycles. The predicted octanol–water partition coefficient (Wildman–Crippen LogP) is 15.8. The minimum Gasteiger partial charge on any atom is -0.496 e. The van der Waals surface area contributed by atoms with Crippen molar-refractivity contribution in [1.82, 2.24) is 0 Å². The van der Waals surface area contributed by atoms with Gasteiger partial charge in [-0.25, -0.2) is 13.2 Å². The Labute approximate surface area is 489 Å². The summed E-state index contributed by atoms with van der Waals surface area (Å²) in [5.74, 6) is 1.17. The largest absolute Gasteiger partial charge is 0.496 e. The van der Waals surface area contributed by atoms with Crippen LogP contribution >= 0.6 is 87.9 Å². The second kappa shape index (κ2) is 27.9. The number of hydrogen-bond acceptors (Lipinski definition) is 6. The zero-order chi connectivity index (χ0) is 55.3. The van der Waals surface area contributed by atoms with Crippen molar-refractivity contribution in [2.45, 2.75) is 6.92 Å². The van der Waals surface area contributed by atoms with Crippen LogP contribution in [0.5, 0.6) is 23.0 Å². The molecule has 0 radical (unpaired) electrons. The van der Waals surface area contributed by atoms with E-state index in [0.29, 0.717) is 43.8 Å². The maximum absolute atomic E-state index is 14.5. The molecule has 0 amide bonds. The first kappa shape index (κ1) is 59.1. The Morgan fingerprint density at radius 2 is 0.779 bits per heavy atom. The molecule has 6 nitrogen and oxygen atoms in total. The van der Waals surface area contributed by atoms with E-state index in [9.17, 15) is 13.2 Å². The number of ether oxygens (including phenoxy) is 4. The van der Waals surface area contributed by atoms with Gasteiger partial charge in [0.05, 0.1) is 35.6 Å². The van der Waals surface area contributed by atoms with Crippen molar-refractivity contribution in [3.8, 4) is 45.3 Å². The molecule has 0 saturated carbocycles. The average Bonchev–Trinajstić information content (AvgIpc) is 3.45. The van der Waals surface area contributed by atoms with Crippen LogP contribution in [-0.4, -0.2) is 45.6 Å². The minimum atomic E-state index is -1.78. The quantitative estimate of drug-likeness (QED) is 0.0807. The maximum Gasteiger partial charge on any atom is 0.491 e. The fourth-order valence-corrected chi connectivity index (χ4v) is 12.5. The van der Waals surface area contributed by atoms with Crippen molar-refractivity contribution in [2.75, 3.05) is 28.4 Å². The van der Waals surface area contributed by atoms with E-state index >= 15 is 0 Å². The van der Waals surface area contributed by atoms with E-state index in [1.807, 2.05) is 12.1 Å². The molecule has 0 aliphatic rings. The molecule has 0 unspecified atom stereocenters. The van der Waals surface area contributed by atoms with E-state index in [0.717, 1.165) is 35.5 Å². The number of hydrogen-bond donors (Lipinski definition) is 2. The molecule has 0 aliphatic heterocycles. The van der Waals surface area contributed by atoms with Crippen molar-refractivity contribution < 1.29 is 42.2 Å². The molecule has 0 spiro atoms. The van der Waals surface area contributed by atoms with Crippen molar-refractivity contribution >= 4 is 138 Å². The normalized spacial score (nSPS) is 10.6. The molecule has 0 aliphatic carbocycles. The van der Waals surface area contributed by atoms with Gasteiger partial charge in [0.1, 0.15) is 40.4 Å². The summed E-state index contributed by atoms with van der Waals surface area (Å²) >= 11 is 21.7. The molecule has 0 fully saturated rings. The van der Waals surface area contributed by atoms with Crippen LogP contribution in [0.4, 0.5) is 13.2 Å². The molecular weight excluding hydrogens is 1290 g/mol. The van der Waals surface area contributed by atoms with E-state index in [2.05, 4.69) is 161 Å². The topological polar surface area (TPSA) is 77.4 Å². The van der Waals surface area contributed by atoms with Crippen molar-refractivity contribution in [3.05, 3.63) is 233 Å². The van der Waals surface area contributed by atoms with E-state index in [4.69, 9.17) is 63.8 Å². The molecule has 16 heteroatoms. The van der Waals surface area contributed by atoms with Crippen LogP contribution in [0.3, 0.4) is 0 Å². The van der Waals surface area contributed by atoms with Gasteiger partial charge in [-0.05, 0) is 200 Å². The lowest BCUT2D eigenvalue weighted by Crippen LogP contribution is -2.32. The predicted molar refractivity (Wildman–Crippen MR) is 331 cm³/mol. The Kier molecular flexibility index (Phi) is 21.4. The highest BCUT2D eigenvalue weighted by Gasteiger charge is 2.20. The SMILES string of the molecule is COc1cc2cc(-c3ccc(Cl)cc3F)c(OC)cc2cc1-c1ccc(Cl)cc1F.COc1cc2cc(I)c(OC)cc2cc1I.Cc1ccccc1P(c1ccccc1)c1ccccc1.OB(O)c1ccc(Cl)cc1F. The standard InChI is InChI=1S/C24H16Cl2F2O2.C19H17P.C12H10I2O2.C6H5BClFO2/c1-29-23-9-13-8-20(18-6-4-16(26)12-22(18)28)24(30-2)10-14(13)7-19(23)17-5-3-15(25)11-21(17)27;1-16-10-8-9-15-19(16)20(17-11-4-2-5-12-17)18-13-6-3-7-14-18;1-15-11-5-7-4-10(14)12(16-2)6-8(7)3-9(11)13;8-4-1-2-5(7(10)11)6(9)3-4/h3-12H,1-2H3;2-15H,1H3;3-6H,1-2H3;1-3,10-11H. The number of methoxy groups -OCH3 is 4. The summed E-state index contributed by atoms with van der Waals surface area (Å²) in [6, 6.07) is 58.5. The molecule has 10 aromatic rings. The van der Waals surface area contributed by atoms with Crippen molar-refractivity contribution in [1.29, 1.82) is 0 Å². The highest BCUT2D eigenvalue weighted by atomic mass is 127. The summed E-state index contributed by atoms with van der Waals surface area (Å²) in [4.78, 5) is 0. The second-order valence-electron chi connectivity index (χ2n) is 16.9. The molecule has 0 atom stereocenters. The minimum absolute atomic E-state index is 0.172. The van der Waals surface area contributed by atoms with Gasteiger partial charge < -0.3 is 29.0 Å². The van der Waals surface area contributed by atoms with Gasteiger partial charge >= 0.3 is 7.12 Å². The third kappa shape index (κ3) is 15.0. The summed E-state index contributed by atoms with van der Waals surface area (Å²) in [5.41, 5.74) is 3.08. The molecule has 0 bridgehead atoms. The Morgan fingerprint density at radius 1 is 0.416 bits per heavy atom. The summed E-state index contributed by atoms with van der Waals surface area (Å²) in [5, 5.41) is 26.2. The van der Waals surface area contributed by atoms with Gasteiger partial charge in [-0.1, -0.05) is 126 Å². The first-order chi connectivity index (χ1) is 37.0. The summed E-state index contributed by atoms with van der Waals surface area (Å²) in [6.07, 6.45) is 0. The molecular formula is C61H48BCl3F3I2O6P. The van der Waals surface area contributed by atoms with Crippen molar-refractivity contribution in [2.24, 2.45) is 0 Å². The molecule has 77 heavy (non-hydrogen) atoms. The summed E-state index contributed by atoms with van der Waals surface area (Å²) < 4.78 is 65.6. The monoisotopic (exact) mass is 1330 g/mol. The Hall–Kier alpha value is -5.55. The maximum atomic E-state index is 14.5. The van der Waals surface area contributed by atoms with E-state index in [1.54, 1.807) is 50.6 Å². The lowest BCUT2D eigenvalue weighted by atomic mass is 9.80. The van der Waals surface area contributed by atoms with E-state index in [-0.39, 0.29) is 10.5 Å². The van der Waals surface area contributed by atoms with Gasteiger partial charge in [-0.2, -0.15) is 0 Å². The lowest BCUT2D eigenvalue weighted by molar-refractivity contribution is 0.411. The highest BCUT2D eigenvalue weighted by molar-refractivity contribution is 14.1. The highest BCUT2D eigenvalue weighted by Crippen LogP contribution is 2.42. The Morgan fingerprint density at radius 3 is 1.16 bits per heavy atom. The van der Waals surface area contributed by atoms with Crippen LogP contribution in [0.15, 0.2) is 188 Å². The summed E-state index contributed by atoms with van der Waals surface area (Å²) in [6.45, 7) is 2.20. The zero-order valence-electron chi connectivity index (χ0n) is 42.0. The molecule has 0 saturated heterocycles. The smallest absolute Gasteiger partial charge is 0.491 e. The molecule has 0 heterocycles.